The Balaban J connectivity index is 2.54. The molecule has 0 N–H and O–H groups in total. The summed E-state index contributed by atoms with van der Waals surface area (Å²) in [6.45, 7) is 4.06. The number of hydrogen-bond donors (Lipinski definition) is 0. The van der Waals surface area contributed by atoms with Gasteiger partial charge in [-0.05, 0) is 32.0 Å². The van der Waals surface area contributed by atoms with E-state index >= 15 is 0 Å². The molecule has 0 radical (unpaired) electrons. The van der Waals surface area contributed by atoms with Crippen molar-refractivity contribution in [1.82, 2.24) is 14.8 Å². The summed E-state index contributed by atoms with van der Waals surface area (Å²) >= 11 is 3.26. The molecule has 0 aliphatic rings. The Morgan fingerprint density at radius 2 is 2.06 bits per heavy atom. The molecule has 0 atom stereocenters. The van der Waals surface area contributed by atoms with Gasteiger partial charge in [-0.3, -0.25) is 0 Å². The second-order valence-corrected chi connectivity index (χ2v) is 4.73. The molecule has 0 saturated heterocycles. The van der Waals surface area contributed by atoms with Gasteiger partial charge in [0.25, 0.3) is 0 Å². The molecule has 0 saturated carbocycles. The molecule has 0 bridgehead atoms. The molecule has 2 rings (SSSR count). The first kappa shape index (κ1) is 11.3. The lowest BCUT2D eigenvalue weighted by molar-refractivity contribution is 0.602. The molecule has 0 aliphatic carbocycles. The van der Waals surface area contributed by atoms with Crippen molar-refractivity contribution in [2.24, 2.45) is 0 Å². The molecule has 0 amide bonds. The highest BCUT2D eigenvalue weighted by Gasteiger charge is 2.11. The smallest absolute Gasteiger partial charge is 0.164 e. The van der Waals surface area contributed by atoms with Crippen LogP contribution in [0.3, 0.4) is 0 Å². The van der Waals surface area contributed by atoms with Crippen molar-refractivity contribution in [3.05, 3.63) is 34.8 Å². The molecular formula is C11H11BrFN3. The highest BCUT2D eigenvalue weighted by molar-refractivity contribution is 9.10. The summed E-state index contributed by atoms with van der Waals surface area (Å²) in [5.74, 6) is 0.387. The SMILES string of the molecule is CC(C)n1cnnc1-c1cc(F)cc(Br)c1. The minimum Gasteiger partial charge on any atom is -0.311 e. The summed E-state index contributed by atoms with van der Waals surface area (Å²) in [6, 6.07) is 4.94. The standard InChI is InChI=1S/C11H11BrFN3/c1-7(2)16-6-14-15-11(16)8-3-9(12)5-10(13)4-8/h3-7H,1-2H3. The zero-order valence-corrected chi connectivity index (χ0v) is 10.6. The van der Waals surface area contributed by atoms with Crippen LogP contribution in [0.1, 0.15) is 19.9 Å². The normalized spacial score (nSPS) is 11.1. The van der Waals surface area contributed by atoms with Crippen LogP contribution in [-0.4, -0.2) is 14.8 Å². The number of nitrogens with zero attached hydrogens (tertiary/aromatic N) is 3. The predicted molar refractivity (Wildman–Crippen MR) is 63.5 cm³/mol. The van der Waals surface area contributed by atoms with Crippen molar-refractivity contribution >= 4 is 15.9 Å². The quantitative estimate of drug-likeness (QED) is 0.846. The van der Waals surface area contributed by atoms with Gasteiger partial charge in [-0.15, -0.1) is 10.2 Å². The van der Waals surface area contributed by atoms with Crippen LogP contribution < -0.4 is 0 Å². The van der Waals surface area contributed by atoms with Gasteiger partial charge in [-0.25, -0.2) is 4.39 Å². The molecule has 0 fully saturated rings. The largest absolute Gasteiger partial charge is 0.311 e. The van der Waals surface area contributed by atoms with Gasteiger partial charge >= 0.3 is 0 Å². The number of halogens is 2. The Labute approximate surface area is 101 Å². The van der Waals surface area contributed by atoms with E-state index in [2.05, 4.69) is 26.1 Å². The van der Waals surface area contributed by atoms with Gasteiger partial charge in [0.1, 0.15) is 12.1 Å². The molecule has 5 heteroatoms. The number of rotatable bonds is 2. The van der Waals surface area contributed by atoms with Crippen molar-refractivity contribution in [3.8, 4) is 11.4 Å². The van der Waals surface area contributed by atoms with Gasteiger partial charge in [-0.2, -0.15) is 0 Å². The van der Waals surface area contributed by atoms with Crippen molar-refractivity contribution in [3.63, 3.8) is 0 Å². The third-order valence-corrected chi connectivity index (χ3v) is 2.71. The van der Waals surface area contributed by atoms with Crippen LogP contribution in [-0.2, 0) is 0 Å². The van der Waals surface area contributed by atoms with E-state index in [1.807, 2.05) is 24.5 Å². The van der Waals surface area contributed by atoms with E-state index in [-0.39, 0.29) is 11.9 Å². The fourth-order valence-corrected chi connectivity index (χ4v) is 1.98. The molecular weight excluding hydrogens is 273 g/mol. The van der Waals surface area contributed by atoms with E-state index in [0.717, 1.165) is 5.56 Å². The summed E-state index contributed by atoms with van der Waals surface area (Å²) < 4.78 is 15.9. The zero-order chi connectivity index (χ0) is 11.7. The van der Waals surface area contributed by atoms with E-state index in [0.29, 0.717) is 10.3 Å². The Morgan fingerprint density at radius 1 is 1.31 bits per heavy atom. The van der Waals surface area contributed by atoms with E-state index < -0.39 is 0 Å². The lowest BCUT2D eigenvalue weighted by Gasteiger charge is -2.10. The third kappa shape index (κ3) is 2.14. The summed E-state index contributed by atoms with van der Waals surface area (Å²) in [7, 11) is 0. The summed E-state index contributed by atoms with van der Waals surface area (Å²) in [4.78, 5) is 0. The first-order valence-electron chi connectivity index (χ1n) is 4.94. The van der Waals surface area contributed by atoms with E-state index in [9.17, 15) is 4.39 Å². The highest BCUT2D eigenvalue weighted by Crippen LogP contribution is 2.24. The minimum atomic E-state index is -0.289. The van der Waals surface area contributed by atoms with Gasteiger partial charge in [0.05, 0.1) is 0 Å². The Morgan fingerprint density at radius 3 is 2.69 bits per heavy atom. The van der Waals surface area contributed by atoms with E-state index in [1.165, 1.54) is 12.1 Å². The van der Waals surface area contributed by atoms with Crippen LogP contribution >= 0.6 is 15.9 Å². The van der Waals surface area contributed by atoms with Gasteiger partial charge in [0, 0.05) is 16.1 Å². The van der Waals surface area contributed by atoms with Crippen LogP contribution in [0.25, 0.3) is 11.4 Å². The predicted octanol–water partition coefficient (Wildman–Crippen LogP) is 3.43. The van der Waals surface area contributed by atoms with E-state index in [4.69, 9.17) is 0 Å². The van der Waals surface area contributed by atoms with Crippen LogP contribution in [0.2, 0.25) is 0 Å². The maximum absolute atomic E-state index is 13.3. The fraction of sp³-hybridized carbons (Fsp3) is 0.273. The van der Waals surface area contributed by atoms with Gasteiger partial charge < -0.3 is 4.57 Å². The molecule has 1 aromatic carbocycles. The average Bonchev–Trinajstić information content (AvgIpc) is 2.63. The summed E-state index contributed by atoms with van der Waals surface area (Å²) in [5, 5.41) is 7.87. The van der Waals surface area contributed by atoms with Crippen molar-refractivity contribution < 1.29 is 4.39 Å². The van der Waals surface area contributed by atoms with Crippen LogP contribution in [0, 0.1) is 5.82 Å². The lowest BCUT2D eigenvalue weighted by Crippen LogP contribution is -2.01. The molecule has 1 heterocycles. The topological polar surface area (TPSA) is 30.7 Å². The van der Waals surface area contributed by atoms with Crippen molar-refractivity contribution in [2.75, 3.05) is 0 Å². The Hall–Kier alpha value is -1.23. The maximum Gasteiger partial charge on any atom is 0.164 e. The maximum atomic E-state index is 13.3. The number of benzene rings is 1. The molecule has 84 valence electrons. The van der Waals surface area contributed by atoms with Gasteiger partial charge in [-0.1, -0.05) is 15.9 Å². The molecule has 0 aliphatic heterocycles. The van der Waals surface area contributed by atoms with Crippen molar-refractivity contribution in [2.45, 2.75) is 19.9 Å². The number of hydrogen-bond acceptors (Lipinski definition) is 2. The van der Waals surface area contributed by atoms with Gasteiger partial charge in [0.15, 0.2) is 5.82 Å². The van der Waals surface area contributed by atoms with E-state index in [1.54, 1.807) is 6.33 Å². The monoisotopic (exact) mass is 283 g/mol. The lowest BCUT2D eigenvalue weighted by atomic mass is 10.2. The highest BCUT2D eigenvalue weighted by atomic mass is 79.9. The molecule has 2 aromatic rings. The Bertz CT molecular complexity index is 487. The molecule has 1 aromatic heterocycles. The van der Waals surface area contributed by atoms with Crippen LogP contribution in [0.15, 0.2) is 29.0 Å². The average molecular weight is 284 g/mol. The molecule has 16 heavy (non-hydrogen) atoms. The van der Waals surface area contributed by atoms with Crippen molar-refractivity contribution in [1.29, 1.82) is 0 Å². The van der Waals surface area contributed by atoms with Crippen LogP contribution in [0.5, 0.6) is 0 Å². The minimum absolute atomic E-state index is 0.243. The Kier molecular flexibility index (Phi) is 3.05. The number of aromatic nitrogens is 3. The first-order chi connectivity index (χ1) is 7.58. The van der Waals surface area contributed by atoms with Crippen LogP contribution in [0.4, 0.5) is 4.39 Å². The summed E-state index contributed by atoms with van der Waals surface area (Å²) in [6.07, 6.45) is 1.65. The molecule has 3 nitrogen and oxygen atoms in total. The second-order valence-electron chi connectivity index (χ2n) is 3.81. The molecule has 0 unspecified atom stereocenters. The fourth-order valence-electron chi connectivity index (χ4n) is 1.51. The zero-order valence-electron chi connectivity index (χ0n) is 8.98. The summed E-state index contributed by atoms with van der Waals surface area (Å²) in [5.41, 5.74) is 0.720. The molecule has 0 spiro atoms. The first-order valence-corrected chi connectivity index (χ1v) is 5.73. The third-order valence-electron chi connectivity index (χ3n) is 2.25. The second kappa shape index (κ2) is 4.33. The van der Waals surface area contributed by atoms with Gasteiger partial charge in [0.2, 0.25) is 0 Å².